The van der Waals surface area contributed by atoms with E-state index in [4.69, 9.17) is 11.5 Å². The number of anilines is 1. The van der Waals surface area contributed by atoms with E-state index in [1.165, 1.54) is 0 Å². The summed E-state index contributed by atoms with van der Waals surface area (Å²) < 4.78 is 0. The third-order valence-corrected chi connectivity index (χ3v) is 1.85. The molecule has 0 aliphatic heterocycles. The van der Waals surface area contributed by atoms with E-state index in [0.717, 1.165) is 5.56 Å². The Hall–Kier alpha value is -2.37. The highest BCUT2D eigenvalue weighted by atomic mass is 16.2. The first-order valence-corrected chi connectivity index (χ1v) is 4.50. The van der Waals surface area contributed by atoms with Crippen LogP contribution in [0.5, 0.6) is 0 Å². The van der Waals surface area contributed by atoms with Gasteiger partial charge in [-0.3, -0.25) is 9.59 Å². The van der Waals surface area contributed by atoms with Crippen molar-refractivity contribution in [3.05, 3.63) is 29.8 Å². The van der Waals surface area contributed by atoms with Gasteiger partial charge in [-0.2, -0.15) is 5.10 Å². The fourth-order valence-electron chi connectivity index (χ4n) is 1.02. The zero-order valence-corrected chi connectivity index (χ0v) is 8.73. The second kappa shape index (κ2) is 4.92. The summed E-state index contributed by atoms with van der Waals surface area (Å²) in [5.41, 5.74) is 14.2. The SMILES string of the molecule is C/C(=N/NC(=O)C(N)=O)c1cccc(N)c1. The highest BCUT2D eigenvalue weighted by Crippen LogP contribution is 2.07. The van der Waals surface area contributed by atoms with Crippen molar-refractivity contribution in [2.75, 3.05) is 5.73 Å². The lowest BCUT2D eigenvalue weighted by atomic mass is 10.1. The maximum Gasteiger partial charge on any atom is 0.329 e. The number of benzene rings is 1. The van der Waals surface area contributed by atoms with E-state index in [-0.39, 0.29) is 0 Å². The van der Waals surface area contributed by atoms with Gasteiger partial charge in [0.2, 0.25) is 0 Å². The number of nitrogens with zero attached hydrogens (tertiary/aromatic N) is 1. The van der Waals surface area contributed by atoms with Crippen LogP contribution in [0.3, 0.4) is 0 Å². The number of carbonyl (C=O) groups is 2. The molecule has 0 aliphatic rings. The third kappa shape index (κ3) is 3.09. The minimum atomic E-state index is -1.08. The van der Waals surface area contributed by atoms with Gasteiger partial charge in [0.1, 0.15) is 0 Å². The van der Waals surface area contributed by atoms with Crippen LogP contribution >= 0.6 is 0 Å². The maximum absolute atomic E-state index is 10.8. The number of primary amides is 1. The number of hydrogen-bond donors (Lipinski definition) is 3. The maximum atomic E-state index is 10.8. The Bertz CT molecular complexity index is 454. The lowest BCUT2D eigenvalue weighted by Crippen LogP contribution is -2.33. The summed E-state index contributed by atoms with van der Waals surface area (Å²) in [6, 6.07) is 6.99. The second-order valence-electron chi connectivity index (χ2n) is 3.13. The number of carbonyl (C=O) groups excluding carboxylic acids is 2. The first-order chi connectivity index (χ1) is 7.50. The number of rotatable bonds is 2. The van der Waals surface area contributed by atoms with Crippen LogP contribution in [0.25, 0.3) is 0 Å². The van der Waals surface area contributed by atoms with Crippen LogP contribution in [0.15, 0.2) is 29.4 Å². The molecule has 2 amide bonds. The van der Waals surface area contributed by atoms with Gasteiger partial charge >= 0.3 is 11.8 Å². The van der Waals surface area contributed by atoms with Crippen LogP contribution in [0.1, 0.15) is 12.5 Å². The number of nitrogen functional groups attached to an aromatic ring is 1. The van der Waals surface area contributed by atoms with Crippen LogP contribution in [-0.4, -0.2) is 17.5 Å². The summed E-state index contributed by atoms with van der Waals surface area (Å²) in [5, 5.41) is 3.72. The first kappa shape index (κ1) is 11.7. The van der Waals surface area contributed by atoms with Gasteiger partial charge in [0.25, 0.3) is 0 Å². The largest absolute Gasteiger partial charge is 0.399 e. The Morgan fingerprint density at radius 2 is 2.06 bits per heavy atom. The van der Waals surface area contributed by atoms with Gasteiger partial charge in [-0.25, -0.2) is 5.43 Å². The molecule has 6 heteroatoms. The Morgan fingerprint density at radius 3 is 2.62 bits per heavy atom. The lowest BCUT2D eigenvalue weighted by Gasteiger charge is -2.02. The monoisotopic (exact) mass is 220 g/mol. The minimum absolute atomic E-state index is 0.530. The zero-order chi connectivity index (χ0) is 12.1. The fourth-order valence-corrected chi connectivity index (χ4v) is 1.02. The highest BCUT2D eigenvalue weighted by molar-refractivity contribution is 6.34. The molecule has 5 N–H and O–H groups in total. The molecule has 84 valence electrons. The van der Waals surface area contributed by atoms with Gasteiger partial charge < -0.3 is 11.5 Å². The molecular formula is C10H12N4O2. The Labute approximate surface area is 92.3 Å². The molecule has 0 bridgehead atoms. The summed E-state index contributed by atoms with van der Waals surface area (Å²) in [7, 11) is 0. The van der Waals surface area contributed by atoms with Crippen molar-refractivity contribution in [3.8, 4) is 0 Å². The highest BCUT2D eigenvalue weighted by Gasteiger charge is 2.06. The molecule has 0 fully saturated rings. The smallest absolute Gasteiger partial charge is 0.329 e. The van der Waals surface area contributed by atoms with E-state index in [9.17, 15) is 9.59 Å². The molecule has 0 aliphatic carbocycles. The summed E-state index contributed by atoms with van der Waals surface area (Å²) in [4.78, 5) is 21.3. The summed E-state index contributed by atoms with van der Waals surface area (Å²) in [6.07, 6.45) is 0. The predicted molar refractivity (Wildman–Crippen MR) is 60.4 cm³/mol. The normalized spacial score (nSPS) is 10.9. The zero-order valence-electron chi connectivity index (χ0n) is 8.73. The minimum Gasteiger partial charge on any atom is -0.399 e. The predicted octanol–water partition coefficient (Wildman–Crippen LogP) is -0.406. The molecule has 1 aromatic rings. The average Bonchev–Trinajstić information content (AvgIpc) is 2.25. The molecule has 0 radical (unpaired) electrons. The van der Waals surface area contributed by atoms with Crippen molar-refractivity contribution in [1.29, 1.82) is 0 Å². The van der Waals surface area contributed by atoms with Gasteiger partial charge in [-0.15, -0.1) is 0 Å². The molecule has 0 spiro atoms. The first-order valence-electron chi connectivity index (χ1n) is 4.50. The van der Waals surface area contributed by atoms with Crippen molar-refractivity contribution in [1.82, 2.24) is 5.43 Å². The average molecular weight is 220 g/mol. The van der Waals surface area contributed by atoms with Crippen molar-refractivity contribution in [3.63, 3.8) is 0 Å². The molecule has 0 aromatic heterocycles. The Morgan fingerprint density at radius 1 is 1.38 bits per heavy atom. The standard InChI is InChI=1S/C10H12N4O2/c1-6(13-14-10(16)9(12)15)7-3-2-4-8(11)5-7/h2-5H,11H2,1H3,(H2,12,15)(H,14,16)/b13-6-. The molecule has 1 aromatic carbocycles. The lowest BCUT2D eigenvalue weighted by molar-refractivity contribution is -0.137. The number of amides is 2. The molecule has 6 nitrogen and oxygen atoms in total. The van der Waals surface area contributed by atoms with Crippen LogP contribution in [0.2, 0.25) is 0 Å². The number of hydrazone groups is 1. The van der Waals surface area contributed by atoms with E-state index in [1.807, 2.05) is 5.43 Å². The van der Waals surface area contributed by atoms with E-state index >= 15 is 0 Å². The van der Waals surface area contributed by atoms with Crippen molar-refractivity contribution in [2.24, 2.45) is 10.8 Å². The number of nitrogens with two attached hydrogens (primary N) is 2. The van der Waals surface area contributed by atoms with Crippen LogP contribution < -0.4 is 16.9 Å². The molecule has 0 saturated carbocycles. The Kier molecular flexibility index (Phi) is 3.60. The van der Waals surface area contributed by atoms with E-state index in [0.29, 0.717) is 11.4 Å². The molecule has 1 rings (SSSR count). The number of nitrogens with one attached hydrogen (secondary N) is 1. The van der Waals surface area contributed by atoms with Gasteiger partial charge in [0.15, 0.2) is 0 Å². The van der Waals surface area contributed by atoms with Crippen LogP contribution in [0.4, 0.5) is 5.69 Å². The Balaban J connectivity index is 2.78. The molecule has 0 saturated heterocycles. The van der Waals surface area contributed by atoms with Crippen LogP contribution in [-0.2, 0) is 9.59 Å². The third-order valence-electron chi connectivity index (χ3n) is 1.85. The van der Waals surface area contributed by atoms with Crippen molar-refractivity contribution < 1.29 is 9.59 Å². The summed E-state index contributed by atoms with van der Waals surface area (Å²) in [6.45, 7) is 1.68. The summed E-state index contributed by atoms with van der Waals surface area (Å²) >= 11 is 0. The second-order valence-corrected chi connectivity index (χ2v) is 3.13. The van der Waals surface area contributed by atoms with E-state index in [2.05, 4.69) is 5.10 Å². The summed E-state index contributed by atoms with van der Waals surface area (Å²) in [5.74, 6) is -2.03. The topological polar surface area (TPSA) is 111 Å². The van der Waals surface area contributed by atoms with E-state index in [1.54, 1.807) is 31.2 Å². The quantitative estimate of drug-likeness (QED) is 0.273. The molecule has 16 heavy (non-hydrogen) atoms. The van der Waals surface area contributed by atoms with Crippen LogP contribution in [0, 0.1) is 0 Å². The fraction of sp³-hybridized carbons (Fsp3) is 0.100. The molecule has 0 unspecified atom stereocenters. The van der Waals surface area contributed by atoms with Gasteiger partial charge in [0.05, 0.1) is 5.71 Å². The molecule has 0 atom stereocenters. The van der Waals surface area contributed by atoms with E-state index < -0.39 is 11.8 Å². The van der Waals surface area contributed by atoms with Crippen molar-refractivity contribution >= 4 is 23.2 Å². The van der Waals surface area contributed by atoms with Gasteiger partial charge in [0, 0.05) is 5.69 Å². The molecule has 0 heterocycles. The van der Waals surface area contributed by atoms with Gasteiger partial charge in [-0.05, 0) is 24.6 Å². The van der Waals surface area contributed by atoms with Gasteiger partial charge in [-0.1, -0.05) is 12.1 Å². The molecular weight excluding hydrogens is 208 g/mol. The van der Waals surface area contributed by atoms with Crippen molar-refractivity contribution in [2.45, 2.75) is 6.92 Å². The number of hydrogen-bond acceptors (Lipinski definition) is 4.